The quantitative estimate of drug-likeness (QED) is 0.427. The van der Waals surface area contributed by atoms with Crippen molar-refractivity contribution in [2.24, 2.45) is 5.92 Å². The van der Waals surface area contributed by atoms with Gasteiger partial charge in [-0.15, -0.1) is 0 Å². The Balaban J connectivity index is 2.91. The van der Waals surface area contributed by atoms with Crippen molar-refractivity contribution in [1.82, 2.24) is 0 Å². The van der Waals surface area contributed by atoms with Crippen molar-refractivity contribution >= 4 is 56.7 Å². The molecule has 2 nitrogen and oxygen atoms in total. The standard InChI is InChI=1S/C15H18BrCl3O2/c1-3-4-10(2)13(11-5-7-12(16)8-6-11)14(20)21-9-15(17,18)19/h5-8,10,13H,3-4,9H2,1-2H3/t10-,13+/m1/s1. The van der Waals surface area contributed by atoms with Crippen molar-refractivity contribution in [2.75, 3.05) is 6.61 Å². The molecule has 1 rings (SSSR count). The van der Waals surface area contributed by atoms with E-state index in [4.69, 9.17) is 39.5 Å². The molecular weight excluding hydrogens is 398 g/mol. The number of alkyl halides is 3. The number of esters is 1. The molecule has 0 fully saturated rings. The van der Waals surface area contributed by atoms with Crippen LogP contribution in [0.1, 0.15) is 38.2 Å². The van der Waals surface area contributed by atoms with Crippen molar-refractivity contribution in [2.45, 2.75) is 36.4 Å². The molecule has 0 bridgehead atoms. The first-order chi connectivity index (χ1) is 9.74. The van der Waals surface area contributed by atoms with Crippen molar-refractivity contribution in [3.63, 3.8) is 0 Å². The van der Waals surface area contributed by atoms with Crippen LogP contribution in [0.25, 0.3) is 0 Å². The maximum Gasteiger partial charge on any atom is 0.313 e. The van der Waals surface area contributed by atoms with Gasteiger partial charge in [0, 0.05) is 4.47 Å². The van der Waals surface area contributed by atoms with Gasteiger partial charge in [0.2, 0.25) is 3.79 Å². The number of carbonyl (C=O) groups excluding carboxylic acids is 1. The van der Waals surface area contributed by atoms with Crippen molar-refractivity contribution in [1.29, 1.82) is 0 Å². The Labute approximate surface area is 149 Å². The van der Waals surface area contributed by atoms with E-state index in [2.05, 4.69) is 22.9 Å². The molecule has 0 aliphatic heterocycles. The lowest BCUT2D eigenvalue weighted by molar-refractivity contribution is -0.146. The average Bonchev–Trinajstić information content (AvgIpc) is 2.38. The highest BCUT2D eigenvalue weighted by molar-refractivity contribution is 9.10. The summed E-state index contributed by atoms with van der Waals surface area (Å²) in [4.78, 5) is 12.4. The predicted octanol–water partition coefficient (Wildman–Crippen LogP) is 5.88. The topological polar surface area (TPSA) is 26.3 Å². The predicted molar refractivity (Wildman–Crippen MR) is 92.2 cm³/mol. The van der Waals surface area contributed by atoms with E-state index >= 15 is 0 Å². The first-order valence-electron chi connectivity index (χ1n) is 6.73. The Morgan fingerprint density at radius 2 is 1.86 bits per heavy atom. The van der Waals surface area contributed by atoms with E-state index in [9.17, 15) is 4.79 Å². The van der Waals surface area contributed by atoms with Gasteiger partial charge in [-0.1, -0.05) is 83.1 Å². The van der Waals surface area contributed by atoms with Crippen LogP contribution in [-0.2, 0) is 9.53 Å². The molecule has 0 amide bonds. The summed E-state index contributed by atoms with van der Waals surface area (Å²) in [6, 6.07) is 7.64. The summed E-state index contributed by atoms with van der Waals surface area (Å²) in [5.74, 6) is -0.561. The molecule has 0 spiro atoms. The summed E-state index contributed by atoms with van der Waals surface area (Å²) in [5, 5.41) is 0. The number of ether oxygens (including phenoxy) is 1. The van der Waals surface area contributed by atoms with Crippen LogP contribution in [0.3, 0.4) is 0 Å². The van der Waals surface area contributed by atoms with Crippen molar-refractivity contribution in [3.8, 4) is 0 Å². The molecule has 1 aromatic rings. The van der Waals surface area contributed by atoms with Crippen molar-refractivity contribution in [3.05, 3.63) is 34.3 Å². The van der Waals surface area contributed by atoms with Gasteiger partial charge < -0.3 is 4.74 Å². The van der Waals surface area contributed by atoms with E-state index in [0.717, 1.165) is 22.9 Å². The molecule has 0 heterocycles. The molecule has 0 aromatic heterocycles. The number of halogens is 4. The molecule has 0 aliphatic carbocycles. The second-order valence-electron chi connectivity index (χ2n) is 5.02. The Bertz CT molecular complexity index is 457. The molecule has 21 heavy (non-hydrogen) atoms. The molecule has 0 aliphatic rings. The summed E-state index contributed by atoms with van der Waals surface area (Å²) in [6.07, 6.45) is 1.91. The number of hydrogen-bond acceptors (Lipinski definition) is 2. The second-order valence-corrected chi connectivity index (χ2v) is 8.45. The summed E-state index contributed by atoms with van der Waals surface area (Å²) >= 11 is 20.3. The maximum atomic E-state index is 12.4. The number of hydrogen-bond donors (Lipinski definition) is 0. The second kappa shape index (κ2) is 8.61. The van der Waals surface area contributed by atoms with Crippen LogP contribution in [0, 0.1) is 5.92 Å². The summed E-state index contributed by atoms with van der Waals surface area (Å²) < 4.78 is 4.55. The number of carbonyl (C=O) groups is 1. The van der Waals surface area contributed by atoms with Crippen LogP contribution in [0.15, 0.2) is 28.7 Å². The van der Waals surface area contributed by atoms with E-state index in [-0.39, 0.29) is 24.4 Å². The number of benzene rings is 1. The van der Waals surface area contributed by atoms with Gasteiger partial charge in [-0.2, -0.15) is 0 Å². The third kappa shape index (κ3) is 6.77. The van der Waals surface area contributed by atoms with E-state index in [0.29, 0.717) is 0 Å². The third-order valence-electron chi connectivity index (χ3n) is 3.17. The van der Waals surface area contributed by atoms with Crippen molar-refractivity contribution < 1.29 is 9.53 Å². The van der Waals surface area contributed by atoms with Gasteiger partial charge in [-0.3, -0.25) is 4.79 Å². The fraction of sp³-hybridized carbons (Fsp3) is 0.533. The lowest BCUT2D eigenvalue weighted by Gasteiger charge is -2.23. The zero-order valence-electron chi connectivity index (χ0n) is 11.9. The molecule has 0 radical (unpaired) electrons. The van der Waals surface area contributed by atoms with Crippen LogP contribution in [0.4, 0.5) is 0 Å². The van der Waals surface area contributed by atoms with E-state index in [1.54, 1.807) is 0 Å². The zero-order valence-corrected chi connectivity index (χ0v) is 15.8. The fourth-order valence-corrected chi connectivity index (χ4v) is 2.66. The first-order valence-corrected chi connectivity index (χ1v) is 8.66. The molecule has 0 saturated carbocycles. The lowest BCUT2D eigenvalue weighted by atomic mass is 9.84. The van der Waals surface area contributed by atoms with E-state index in [1.165, 1.54) is 0 Å². The highest BCUT2D eigenvalue weighted by Gasteiger charge is 2.30. The van der Waals surface area contributed by atoms with Gasteiger partial charge in [0.05, 0.1) is 5.92 Å². The monoisotopic (exact) mass is 414 g/mol. The Hall–Kier alpha value is 0.0400. The van der Waals surface area contributed by atoms with Gasteiger partial charge in [-0.05, 0) is 30.0 Å². The molecule has 1 aromatic carbocycles. The first kappa shape index (κ1) is 19.1. The SMILES string of the molecule is CCC[C@@H](C)[C@H](C(=O)OCC(Cl)(Cl)Cl)c1ccc(Br)cc1. The third-order valence-corrected chi connectivity index (χ3v) is 4.03. The largest absolute Gasteiger partial charge is 0.461 e. The van der Waals surface area contributed by atoms with Gasteiger partial charge in [0.15, 0.2) is 0 Å². The lowest BCUT2D eigenvalue weighted by Crippen LogP contribution is -2.26. The minimum Gasteiger partial charge on any atom is -0.461 e. The highest BCUT2D eigenvalue weighted by Crippen LogP contribution is 2.32. The molecule has 0 unspecified atom stereocenters. The fourth-order valence-electron chi connectivity index (χ4n) is 2.23. The van der Waals surface area contributed by atoms with Gasteiger partial charge >= 0.3 is 5.97 Å². The van der Waals surface area contributed by atoms with Crippen LogP contribution in [-0.4, -0.2) is 16.4 Å². The smallest absolute Gasteiger partial charge is 0.313 e. The Morgan fingerprint density at radius 1 is 1.29 bits per heavy atom. The summed E-state index contributed by atoms with van der Waals surface area (Å²) in [6.45, 7) is 3.87. The molecule has 0 saturated heterocycles. The van der Waals surface area contributed by atoms with E-state index in [1.807, 2.05) is 31.2 Å². The van der Waals surface area contributed by atoms with Crippen LogP contribution < -0.4 is 0 Å². The molecule has 6 heteroatoms. The Morgan fingerprint density at radius 3 is 2.33 bits per heavy atom. The zero-order chi connectivity index (χ0) is 16.0. The maximum absolute atomic E-state index is 12.4. The molecule has 2 atom stereocenters. The number of rotatable bonds is 6. The Kier molecular flexibility index (Phi) is 7.83. The van der Waals surface area contributed by atoms with Crippen LogP contribution in [0.5, 0.6) is 0 Å². The van der Waals surface area contributed by atoms with Crippen LogP contribution in [0.2, 0.25) is 0 Å². The van der Waals surface area contributed by atoms with Crippen LogP contribution >= 0.6 is 50.7 Å². The van der Waals surface area contributed by atoms with Gasteiger partial charge in [0.25, 0.3) is 0 Å². The van der Waals surface area contributed by atoms with Gasteiger partial charge in [-0.25, -0.2) is 0 Å². The molecule has 118 valence electrons. The molecule has 0 N–H and O–H groups in total. The summed E-state index contributed by atoms with van der Waals surface area (Å²) in [7, 11) is 0. The molecular formula is C15H18BrCl3O2. The average molecular weight is 417 g/mol. The van der Waals surface area contributed by atoms with E-state index < -0.39 is 3.79 Å². The highest BCUT2D eigenvalue weighted by atomic mass is 79.9. The minimum atomic E-state index is -1.59. The normalized spacial score (nSPS) is 14.6. The summed E-state index contributed by atoms with van der Waals surface area (Å²) in [5.41, 5.74) is 0.911. The minimum absolute atomic E-state index is 0.152. The van der Waals surface area contributed by atoms with Gasteiger partial charge in [0.1, 0.15) is 6.61 Å².